The van der Waals surface area contributed by atoms with Crippen molar-refractivity contribution >= 4 is 44.9 Å². The van der Waals surface area contributed by atoms with Crippen molar-refractivity contribution in [3.05, 3.63) is 88.4 Å². The minimum atomic E-state index is -0.306. The molecule has 3 rings (SSSR count). The topological polar surface area (TPSA) is 59.6 Å². The van der Waals surface area contributed by atoms with Crippen LogP contribution in [0.15, 0.2) is 77.3 Å². The normalized spacial score (nSPS) is 10.3. The van der Waals surface area contributed by atoms with Crippen molar-refractivity contribution in [3.8, 4) is 11.5 Å². The third-order valence-electron chi connectivity index (χ3n) is 4.53. The van der Waals surface area contributed by atoms with Gasteiger partial charge in [0.1, 0.15) is 11.5 Å². The molecule has 0 radical (unpaired) electrons. The minimum absolute atomic E-state index is 0.209. The Bertz CT molecular complexity index is 1060. The first-order valence-electron chi connectivity index (χ1n) is 10.4. The Hall–Kier alpha value is -2.90. The average Bonchev–Trinajstić information content (AvgIpc) is 2.79. The number of amides is 1. The zero-order valence-electron chi connectivity index (χ0n) is 17.8. The van der Waals surface area contributed by atoms with Gasteiger partial charge in [0.05, 0.1) is 17.7 Å². The van der Waals surface area contributed by atoms with Gasteiger partial charge in [-0.1, -0.05) is 36.4 Å². The number of carbonyl (C=O) groups is 1. The third kappa shape index (κ3) is 7.35. The lowest BCUT2D eigenvalue weighted by Gasteiger charge is -2.12. The smallest absolute Gasteiger partial charge is 0.257 e. The van der Waals surface area contributed by atoms with Gasteiger partial charge in [0.2, 0.25) is 0 Å². The Kier molecular flexibility index (Phi) is 9.07. The molecule has 3 aromatic carbocycles. The lowest BCUT2D eigenvalue weighted by Crippen LogP contribution is -2.34. The first-order chi connectivity index (χ1) is 15.5. The monoisotopic (exact) mass is 512 g/mol. The summed E-state index contributed by atoms with van der Waals surface area (Å²) < 4.78 is 12.0. The van der Waals surface area contributed by atoms with Gasteiger partial charge >= 0.3 is 0 Å². The minimum Gasteiger partial charge on any atom is -0.494 e. The molecule has 2 N–H and O–H groups in total. The van der Waals surface area contributed by atoms with Crippen LogP contribution in [-0.4, -0.2) is 24.2 Å². The fourth-order valence-electron chi connectivity index (χ4n) is 3.03. The van der Waals surface area contributed by atoms with Gasteiger partial charge < -0.3 is 14.8 Å². The number of ether oxygens (including phenoxy) is 2. The third-order valence-corrected chi connectivity index (χ3v) is 5.36. The molecule has 166 valence electrons. The summed E-state index contributed by atoms with van der Waals surface area (Å²) in [5.74, 6) is 1.12. The molecule has 0 atom stereocenters. The second kappa shape index (κ2) is 12.2. The van der Waals surface area contributed by atoms with Crippen molar-refractivity contribution in [1.29, 1.82) is 0 Å². The van der Waals surface area contributed by atoms with Crippen molar-refractivity contribution in [2.24, 2.45) is 0 Å². The van der Waals surface area contributed by atoms with E-state index in [0.717, 1.165) is 24.3 Å². The van der Waals surface area contributed by atoms with Crippen molar-refractivity contribution in [2.75, 3.05) is 18.5 Å². The summed E-state index contributed by atoms with van der Waals surface area (Å²) >= 11 is 8.71. The Morgan fingerprint density at radius 3 is 2.56 bits per heavy atom. The predicted molar refractivity (Wildman–Crippen MR) is 136 cm³/mol. The van der Waals surface area contributed by atoms with Gasteiger partial charge in [0.15, 0.2) is 5.11 Å². The average molecular weight is 513 g/mol. The first kappa shape index (κ1) is 23.8. The van der Waals surface area contributed by atoms with Gasteiger partial charge in [0, 0.05) is 17.3 Å². The van der Waals surface area contributed by atoms with Gasteiger partial charge in [-0.25, -0.2) is 0 Å². The largest absolute Gasteiger partial charge is 0.494 e. The SMILES string of the molecule is CCOc1ccc(C(=O)NC(=S)Nc2cccc(OCCCc3ccccc3)c2)cc1Br. The van der Waals surface area contributed by atoms with Crippen molar-refractivity contribution in [2.45, 2.75) is 19.8 Å². The number of hydrogen-bond acceptors (Lipinski definition) is 4. The summed E-state index contributed by atoms with van der Waals surface area (Å²) in [6.45, 7) is 3.07. The molecule has 3 aromatic rings. The standard InChI is InChI=1S/C25H25BrN2O3S/c1-2-30-23-14-13-19(16-22(23)26)24(29)28-25(32)27-20-11-6-12-21(17-20)31-15-7-10-18-8-4-3-5-9-18/h3-6,8-9,11-14,16-17H,2,7,10,15H2,1H3,(H2,27,28,29,32). The van der Waals surface area contributed by atoms with E-state index in [1.54, 1.807) is 18.2 Å². The highest BCUT2D eigenvalue weighted by atomic mass is 79.9. The molecule has 1 amide bonds. The molecule has 0 aliphatic heterocycles. The fraction of sp³-hybridized carbons (Fsp3) is 0.200. The van der Waals surface area contributed by atoms with E-state index in [-0.39, 0.29) is 11.0 Å². The number of nitrogens with one attached hydrogen (secondary N) is 2. The second-order valence-electron chi connectivity index (χ2n) is 6.95. The van der Waals surface area contributed by atoms with Crippen LogP contribution in [0.1, 0.15) is 29.3 Å². The van der Waals surface area contributed by atoms with E-state index in [9.17, 15) is 4.79 Å². The molecule has 0 bridgehead atoms. The maximum absolute atomic E-state index is 12.5. The van der Waals surface area contributed by atoms with E-state index in [1.807, 2.05) is 49.4 Å². The van der Waals surface area contributed by atoms with Crippen LogP contribution >= 0.6 is 28.1 Å². The number of carbonyl (C=O) groups excluding carboxylic acids is 1. The van der Waals surface area contributed by atoms with Crippen LogP contribution < -0.4 is 20.1 Å². The first-order valence-corrected chi connectivity index (χ1v) is 11.6. The van der Waals surface area contributed by atoms with Crippen LogP contribution in [-0.2, 0) is 6.42 Å². The number of halogens is 1. The molecule has 0 fully saturated rings. The highest BCUT2D eigenvalue weighted by Gasteiger charge is 2.11. The van der Waals surface area contributed by atoms with E-state index >= 15 is 0 Å². The number of rotatable bonds is 9. The quantitative estimate of drug-likeness (QED) is 0.272. The van der Waals surface area contributed by atoms with Gasteiger partial charge in [-0.15, -0.1) is 0 Å². The number of benzene rings is 3. The van der Waals surface area contributed by atoms with Crippen molar-refractivity contribution in [3.63, 3.8) is 0 Å². The van der Waals surface area contributed by atoms with Crippen molar-refractivity contribution < 1.29 is 14.3 Å². The zero-order chi connectivity index (χ0) is 22.8. The van der Waals surface area contributed by atoms with Crippen LogP contribution in [0.5, 0.6) is 11.5 Å². The molecular formula is C25H25BrN2O3S. The molecule has 32 heavy (non-hydrogen) atoms. The van der Waals surface area contributed by atoms with E-state index in [4.69, 9.17) is 21.7 Å². The molecule has 0 aliphatic rings. The van der Waals surface area contributed by atoms with Gasteiger partial charge in [-0.2, -0.15) is 0 Å². The van der Waals surface area contributed by atoms with Gasteiger partial charge in [-0.05, 0) is 83.8 Å². The van der Waals surface area contributed by atoms with E-state index in [0.29, 0.717) is 29.0 Å². The lowest BCUT2D eigenvalue weighted by molar-refractivity contribution is 0.0977. The Morgan fingerprint density at radius 1 is 1.00 bits per heavy atom. The number of aryl methyl sites for hydroxylation is 1. The Morgan fingerprint density at radius 2 is 1.81 bits per heavy atom. The summed E-state index contributed by atoms with van der Waals surface area (Å²) in [4.78, 5) is 12.5. The van der Waals surface area contributed by atoms with Crippen LogP contribution in [0.25, 0.3) is 0 Å². The lowest BCUT2D eigenvalue weighted by atomic mass is 10.1. The summed E-state index contributed by atoms with van der Waals surface area (Å²) in [6.07, 6.45) is 1.89. The number of anilines is 1. The molecule has 0 saturated heterocycles. The molecule has 0 aliphatic carbocycles. The van der Waals surface area contributed by atoms with Gasteiger partial charge in [0.25, 0.3) is 5.91 Å². The van der Waals surface area contributed by atoms with Gasteiger partial charge in [-0.3, -0.25) is 10.1 Å². The van der Waals surface area contributed by atoms with Crippen LogP contribution in [0, 0.1) is 0 Å². The highest BCUT2D eigenvalue weighted by Crippen LogP contribution is 2.26. The predicted octanol–water partition coefficient (Wildman–Crippen LogP) is 5.99. The number of hydrogen-bond donors (Lipinski definition) is 2. The summed E-state index contributed by atoms with van der Waals surface area (Å²) in [6, 6.07) is 23.0. The molecule has 0 aromatic heterocycles. The number of thiocarbonyl (C=S) groups is 1. The zero-order valence-corrected chi connectivity index (χ0v) is 20.2. The highest BCUT2D eigenvalue weighted by molar-refractivity contribution is 9.10. The molecule has 0 spiro atoms. The van der Waals surface area contributed by atoms with E-state index in [2.05, 4.69) is 38.7 Å². The second-order valence-corrected chi connectivity index (χ2v) is 8.21. The molecule has 0 unspecified atom stereocenters. The Balaban J connectivity index is 1.48. The Labute approximate surface area is 202 Å². The van der Waals surface area contributed by atoms with E-state index < -0.39 is 0 Å². The van der Waals surface area contributed by atoms with E-state index in [1.165, 1.54) is 5.56 Å². The summed E-state index contributed by atoms with van der Waals surface area (Å²) in [5, 5.41) is 5.93. The molecule has 7 heteroatoms. The maximum atomic E-state index is 12.5. The maximum Gasteiger partial charge on any atom is 0.257 e. The van der Waals surface area contributed by atoms with Crippen molar-refractivity contribution in [1.82, 2.24) is 5.32 Å². The molecular weight excluding hydrogens is 488 g/mol. The summed E-state index contributed by atoms with van der Waals surface area (Å²) in [5.41, 5.74) is 2.51. The summed E-state index contributed by atoms with van der Waals surface area (Å²) in [7, 11) is 0. The molecule has 0 heterocycles. The fourth-order valence-corrected chi connectivity index (χ4v) is 3.73. The van der Waals surface area contributed by atoms with Crippen LogP contribution in [0.3, 0.4) is 0 Å². The van der Waals surface area contributed by atoms with Crippen LogP contribution in [0.2, 0.25) is 0 Å². The molecule has 0 saturated carbocycles. The molecule has 5 nitrogen and oxygen atoms in total. The van der Waals surface area contributed by atoms with Crippen LogP contribution in [0.4, 0.5) is 5.69 Å².